The summed E-state index contributed by atoms with van der Waals surface area (Å²) in [5.74, 6) is 0.821. The first kappa shape index (κ1) is 19.3. The minimum atomic E-state index is -0.400. The number of carbonyl (C=O) groups excluding carboxylic acids is 1. The van der Waals surface area contributed by atoms with Crippen molar-refractivity contribution in [2.24, 2.45) is 0 Å². The van der Waals surface area contributed by atoms with Crippen LogP contribution in [-0.4, -0.2) is 30.5 Å². The van der Waals surface area contributed by atoms with Gasteiger partial charge in [0, 0.05) is 48.9 Å². The smallest absolute Gasteiger partial charge is 0.262 e. The molecule has 2 N–H and O–H groups in total. The summed E-state index contributed by atoms with van der Waals surface area (Å²) in [6, 6.07) is 13.6. The normalized spacial score (nSPS) is 11.4. The molecule has 28 heavy (non-hydrogen) atoms. The number of nitriles is 1. The highest BCUT2D eigenvalue weighted by Gasteiger charge is 2.12. The molecule has 3 aromatic rings. The van der Waals surface area contributed by atoms with E-state index >= 15 is 0 Å². The Kier molecular flexibility index (Phi) is 6.18. The van der Waals surface area contributed by atoms with Gasteiger partial charge in [-0.3, -0.25) is 4.79 Å². The van der Waals surface area contributed by atoms with E-state index in [2.05, 4.69) is 15.2 Å². The van der Waals surface area contributed by atoms with Crippen LogP contribution < -0.4 is 10.2 Å². The molecule has 1 aromatic carbocycles. The van der Waals surface area contributed by atoms with Gasteiger partial charge in [-0.1, -0.05) is 18.2 Å². The zero-order chi connectivity index (χ0) is 19.9. The number of fused-ring (bicyclic) bond motifs is 1. The van der Waals surface area contributed by atoms with Crippen molar-refractivity contribution in [2.75, 3.05) is 24.5 Å². The number of para-hydroxylation sites is 1. The van der Waals surface area contributed by atoms with Crippen LogP contribution in [0.3, 0.4) is 0 Å². The average Bonchev–Trinajstić information content (AvgIpc) is 3.34. The van der Waals surface area contributed by atoms with Crippen molar-refractivity contribution in [1.82, 2.24) is 10.3 Å². The van der Waals surface area contributed by atoms with Gasteiger partial charge in [-0.05, 0) is 38.0 Å². The first-order valence-electron chi connectivity index (χ1n) is 9.46. The van der Waals surface area contributed by atoms with Gasteiger partial charge < -0.3 is 19.6 Å². The molecule has 0 fully saturated rings. The van der Waals surface area contributed by atoms with Crippen molar-refractivity contribution < 1.29 is 9.21 Å². The van der Waals surface area contributed by atoms with E-state index in [1.807, 2.05) is 56.4 Å². The van der Waals surface area contributed by atoms with E-state index in [-0.39, 0.29) is 5.57 Å². The number of nitrogens with zero attached hydrogens (tertiary/aromatic N) is 2. The lowest BCUT2D eigenvalue weighted by molar-refractivity contribution is -0.117. The molecule has 3 rings (SSSR count). The molecule has 0 saturated carbocycles. The van der Waals surface area contributed by atoms with E-state index in [1.54, 1.807) is 6.07 Å². The van der Waals surface area contributed by atoms with Crippen molar-refractivity contribution in [3.63, 3.8) is 0 Å². The third kappa shape index (κ3) is 4.26. The van der Waals surface area contributed by atoms with Crippen LogP contribution in [0.15, 0.2) is 52.6 Å². The van der Waals surface area contributed by atoms with Crippen molar-refractivity contribution in [3.8, 4) is 6.07 Å². The molecule has 6 nitrogen and oxygen atoms in total. The first-order valence-corrected chi connectivity index (χ1v) is 9.46. The Balaban J connectivity index is 1.62. The third-order valence-corrected chi connectivity index (χ3v) is 4.69. The Morgan fingerprint density at radius 3 is 2.79 bits per heavy atom. The number of H-pyrrole nitrogens is 1. The van der Waals surface area contributed by atoms with Crippen LogP contribution in [0.2, 0.25) is 0 Å². The summed E-state index contributed by atoms with van der Waals surface area (Å²) < 4.78 is 5.74. The molecule has 6 heteroatoms. The van der Waals surface area contributed by atoms with Gasteiger partial charge in [-0.2, -0.15) is 5.26 Å². The van der Waals surface area contributed by atoms with E-state index in [1.165, 1.54) is 6.08 Å². The van der Waals surface area contributed by atoms with Gasteiger partial charge in [0.25, 0.3) is 5.91 Å². The van der Waals surface area contributed by atoms with Gasteiger partial charge >= 0.3 is 0 Å². The SMILES string of the molecule is CCN(CC)c1ccc(/C=C(/C#N)C(=O)NCCc2c[nH]c3ccccc23)o1. The molecule has 0 spiro atoms. The Morgan fingerprint density at radius 1 is 1.25 bits per heavy atom. The van der Waals surface area contributed by atoms with E-state index in [4.69, 9.17) is 4.42 Å². The first-order chi connectivity index (χ1) is 13.7. The second-order valence-electron chi connectivity index (χ2n) is 6.38. The van der Waals surface area contributed by atoms with Gasteiger partial charge in [-0.15, -0.1) is 0 Å². The van der Waals surface area contributed by atoms with Gasteiger partial charge in [0.15, 0.2) is 5.88 Å². The van der Waals surface area contributed by atoms with Gasteiger partial charge in [0.05, 0.1) is 0 Å². The zero-order valence-corrected chi connectivity index (χ0v) is 16.2. The Labute approximate surface area is 164 Å². The minimum Gasteiger partial charge on any atom is -0.441 e. The molecular weight excluding hydrogens is 352 g/mol. The lowest BCUT2D eigenvalue weighted by atomic mass is 10.1. The molecule has 0 atom stereocenters. The molecule has 144 valence electrons. The summed E-state index contributed by atoms with van der Waals surface area (Å²) >= 11 is 0. The second-order valence-corrected chi connectivity index (χ2v) is 6.38. The van der Waals surface area contributed by atoms with Crippen LogP contribution in [-0.2, 0) is 11.2 Å². The van der Waals surface area contributed by atoms with Crippen LogP contribution >= 0.6 is 0 Å². The fourth-order valence-electron chi connectivity index (χ4n) is 3.16. The summed E-state index contributed by atoms with van der Waals surface area (Å²) in [4.78, 5) is 17.6. The zero-order valence-electron chi connectivity index (χ0n) is 16.2. The van der Waals surface area contributed by atoms with Crippen LogP contribution in [0.4, 0.5) is 5.88 Å². The quantitative estimate of drug-likeness (QED) is 0.462. The summed E-state index contributed by atoms with van der Waals surface area (Å²) in [5.41, 5.74) is 2.23. The van der Waals surface area contributed by atoms with Gasteiger partial charge in [0.1, 0.15) is 17.4 Å². The molecule has 0 aliphatic rings. The largest absolute Gasteiger partial charge is 0.441 e. The minimum absolute atomic E-state index is 0.0272. The predicted octanol–water partition coefficient (Wildman–Crippen LogP) is 3.87. The average molecular weight is 376 g/mol. The number of anilines is 1. The van der Waals surface area contributed by atoms with Crippen LogP contribution in [0, 0.1) is 11.3 Å². The standard InChI is InChI=1S/C22H24N4O2/c1-3-26(4-2)21-10-9-18(28-21)13-17(14-23)22(27)24-12-11-16-15-25-20-8-6-5-7-19(16)20/h5-10,13,15,25H,3-4,11-12H2,1-2H3,(H,24,27)/b17-13-. The highest BCUT2D eigenvalue weighted by Crippen LogP contribution is 2.20. The third-order valence-electron chi connectivity index (χ3n) is 4.69. The van der Waals surface area contributed by atoms with Crippen molar-refractivity contribution in [3.05, 3.63) is 59.5 Å². The van der Waals surface area contributed by atoms with Gasteiger partial charge in [-0.25, -0.2) is 0 Å². The van der Waals surface area contributed by atoms with E-state index in [9.17, 15) is 10.1 Å². The van der Waals surface area contributed by atoms with E-state index in [0.29, 0.717) is 18.7 Å². The number of rotatable bonds is 8. The van der Waals surface area contributed by atoms with Crippen molar-refractivity contribution in [1.29, 1.82) is 5.26 Å². The molecular formula is C22H24N4O2. The van der Waals surface area contributed by atoms with Crippen LogP contribution in [0.25, 0.3) is 17.0 Å². The van der Waals surface area contributed by atoms with Crippen molar-refractivity contribution in [2.45, 2.75) is 20.3 Å². The van der Waals surface area contributed by atoms with E-state index in [0.717, 1.165) is 35.4 Å². The van der Waals surface area contributed by atoms with E-state index < -0.39 is 5.91 Å². The maximum absolute atomic E-state index is 12.4. The molecule has 0 aliphatic heterocycles. The fraction of sp³-hybridized carbons (Fsp3) is 0.273. The summed E-state index contributed by atoms with van der Waals surface area (Å²) in [7, 11) is 0. The summed E-state index contributed by atoms with van der Waals surface area (Å²) in [5, 5.41) is 13.3. The topological polar surface area (TPSA) is 85.1 Å². The Morgan fingerprint density at radius 2 is 2.04 bits per heavy atom. The highest BCUT2D eigenvalue weighted by molar-refractivity contribution is 6.01. The number of nitrogens with one attached hydrogen (secondary N) is 2. The number of carbonyl (C=O) groups is 1. The molecule has 1 amide bonds. The number of hydrogen-bond acceptors (Lipinski definition) is 4. The number of furan rings is 1. The molecule has 0 radical (unpaired) electrons. The second kappa shape index (κ2) is 8.96. The molecule has 0 saturated heterocycles. The van der Waals surface area contributed by atoms with Crippen LogP contribution in [0.1, 0.15) is 25.2 Å². The lowest BCUT2D eigenvalue weighted by Crippen LogP contribution is -2.26. The number of hydrogen-bond donors (Lipinski definition) is 2. The predicted molar refractivity (Wildman–Crippen MR) is 111 cm³/mol. The lowest BCUT2D eigenvalue weighted by Gasteiger charge is -2.16. The summed E-state index contributed by atoms with van der Waals surface area (Å²) in [6.45, 7) is 6.19. The molecule has 0 unspecified atom stereocenters. The molecule has 0 bridgehead atoms. The van der Waals surface area contributed by atoms with Gasteiger partial charge in [0.2, 0.25) is 0 Å². The Bertz CT molecular complexity index is 1020. The number of benzene rings is 1. The maximum Gasteiger partial charge on any atom is 0.262 e. The summed E-state index contributed by atoms with van der Waals surface area (Å²) in [6.07, 6.45) is 4.12. The number of amides is 1. The Hall–Kier alpha value is -3.46. The monoisotopic (exact) mass is 376 g/mol. The number of aromatic nitrogens is 1. The highest BCUT2D eigenvalue weighted by atomic mass is 16.4. The van der Waals surface area contributed by atoms with Crippen molar-refractivity contribution >= 4 is 28.8 Å². The molecule has 2 aromatic heterocycles. The molecule has 0 aliphatic carbocycles. The maximum atomic E-state index is 12.4. The fourth-order valence-corrected chi connectivity index (χ4v) is 3.16. The molecule has 2 heterocycles. The number of aromatic amines is 1. The van der Waals surface area contributed by atoms with Crippen LogP contribution in [0.5, 0.6) is 0 Å².